The predicted molar refractivity (Wildman–Crippen MR) is 54.3 cm³/mol. The highest BCUT2D eigenvalue weighted by Crippen LogP contribution is 2.35. The van der Waals surface area contributed by atoms with Gasteiger partial charge in [0.25, 0.3) is 5.56 Å². The largest absolute Gasteiger partial charge is 0.372 e. The van der Waals surface area contributed by atoms with Gasteiger partial charge in [0.15, 0.2) is 0 Å². The molecular formula is C10H12N2O4. The van der Waals surface area contributed by atoms with E-state index in [-0.39, 0.29) is 24.0 Å². The van der Waals surface area contributed by atoms with E-state index in [2.05, 4.69) is 4.98 Å². The van der Waals surface area contributed by atoms with Crippen molar-refractivity contribution in [1.82, 2.24) is 9.55 Å². The Morgan fingerprint density at radius 1 is 1.44 bits per heavy atom. The molecule has 3 atom stereocenters. The number of nitrogens with one attached hydrogen (secondary N) is 1. The van der Waals surface area contributed by atoms with Crippen LogP contribution in [0.25, 0.3) is 0 Å². The Kier molecular flexibility index (Phi) is 2.02. The summed E-state index contributed by atoms with van der Waals surface area (Å²) in [7, 11) is 0. The second-order valence-corrected chi connectivity index (χ2v) is 4.22. The van der Waals surface area contributed by atoms with Crippen molar-refractivity contribution >= 4 is 0 Å². The van der Waals surface area contributed by atoms with Gasteiger partial charge in [0.2, 0.25) is 0 Å². The quantitative estimate of drug-likeness (QED) is 0.700. The van der Waals surface area contributed by atoms with Gasteiger partial charge >= 0.3 is 5.69 Å². The topological polar surface area (TPSA) is 73.3 Å². The Hall–Kier alpha value is -1.40. The molecule has 3 heterocycles. The lowest BCUT2D eigenvalue weighted by Crippen LogP contribution is -2.40. The monoisotopic (exact) mass is 224 g/mol. The van der Waals surface area contributed by atoms with E-state index in [0.717, 1.165) is 0 Å². The summed E-state index contributed by atoms with van der Waals surface area (Å²) in [5, 5.41) is 0. The molecule has 3 rings (SSSR count). The normalized spacial score (nSPS) is 32.2. The van der Waals surface area contributed by atoms with Crippen LogP contribution in [0.2, 0.25) is 0 Å². The molecule has 86 valence electrons. The molecule has 6 nitrogen and oxygen atoms in total. The van der Waals surface area contributed by atoms with E-state index in [1.165, 1.54) is 10.8 Å². The van der Waals surface area contributed by atoms with Crippen molar-refractivity contribution in [3.05, 3.63) is 32.6 Å². The van der Waals surface area contributed by atoms with Gasteiger partial charge < -0.3 is 9.47 Å². The first-order valence-corrected chi connectivity index (χ1v) is 5.24. The molecular weight excluding hydrogens is 212 g/mol. The maximum atomic E-state index is 11.6. The fourth-order valence-electron chi connectivity index (χ4n) is 2.09. The lowest BCUT2D eigenvalue weighted by molar-refractivity contribution is -0.149. The van der Waals surface area contributed by atoms with Crippen LogP contribution < -0.4 is 11.2 Å². The van der Waals surface area contributed by atoms with Gasteiger partial charge in [-0.3, -0.25) is 14.3 Å². The minimum atomic E-state index is -0.429. The van der Waals surface area contributed by atoms with E-state index in [9.17, 15) is 9.59 Å². The number of hydrogen-bond donors (Lipinski definition) is 1. The second-order valence-electron chi connectivity index (χ2n) is 4.22. The molecule has 2 saturated heterocycles. The Morgan fingerprint density at radius 2 is 2.25 bits per heavy atom. The lowest BCUT2D eigenvalue weighted by Gasteiger charge is -2.28. The standard InChI is InChI=1S/C10H12N2O4/c1-5-3-12(10(14)11-9(5)13)8-2-6-7(16-8)4-15-6/h3,6-8H,2,4H2,1H3,(H,11,13,14)/t6?,7-,8-/m1/s1. The van der Waals surface area contributed by atoms with Crippen molar-refractivity contribution in [1.29, 1.82) is 0 Å². The average Bonchev–Trinajstić information content (AvgIpc) is 2.49. The van der Waals surface area contributed by atoms with Gasteiger partial charge in [0.1, 0.15) is 12.3 Å². The van der Waals surface area contributed by atoms with Crippen LogP contribution in [0.15, 0.2) is 15.8 Å². The smallest absolute Gasteiger partial charge is 0.330 e. The second kappa shape index (κ2) is 3.29. The summed E-state index contributed by atoms with van der Waals surface area (Å²) in [6.45, 7) is 2.26. The Morgan fingerprint density at radius 3 is 2.81 bits per heavy atom. The molecule has 6 heteroatoms. The average molecular weight is 224 g/mol. The zero-order chi connectivity index (χ0) is 11.3. The van der Waals surface area contributed by atoms with Gasteiger partial charge in [-0.1, -0.05) is 0 Å². The number of aryl methyl sites for hydroxylation is 1. The molecule has 0 aromatic carbocycles. The zero-order valence-corrected chi connectivity index (χ0v) is 8.80. The maximum Gasteiger partial charge on any atom is 0.330 e. The summed E-state index contributed by atoms with van der Waals surface area (Å²) in [5.41, 5.74) is -0.274. The van der Waals surface area contributed by atoms with Crippen molar-refractivity contribution in [2.75, 3.05) is 6.61 Å². The van der Waals surface area contributed by atoms with Crippen molar-refractivity contribution in [2.45, 2.75) is 31.8 Å². The van der Waals surface area contributed by atoms with Crippen LogP contribution in [-0.4, -0.2) is 28.4 Å². The molecule has 1 aromatic heterocycles. The third kappa shape index (κ3) is 1.34. The molecule has 0 saturated carbocycles. The summed E-state index contributed by atoms with van der Waals surface area (Å²) in [5.74, 6) is 0. The fraction of sp³-hybridized carbons (Fsp3) is 0.600. The minimum Gasteiger partial charge on any atom is -0.372 e. The molecule has 1 aromatic rings. The number of H-pyrrole nitrogens is 1. The van der Waals surface area contributed by atoms with Crippen molar-refractivity contribution in [3.8, 4) is 0 Å². The predicted octanol–water partition coefficient (Wildman–Crippen LogP) is -0.469. The highest BCUT2D eigenvalue weighted by molar-refractivity contribution is 5.02. The van der Waals surface area contributed by atoms with Crippen molar-refractivity contribution in [3.63, 3.8) is 0 Å². The number of nitrogens with zero attached hydrogens (tertiary/aromatic N) is 1. The van der Waals surface area contributed by atoms with Crippen molar-refractivity contribution in [2.24, 2.45) is 0 Å². The van der Waals surface area contributed by atoms with Crippen LogP contribution in [0, 0.1) is 6.92 Å². The third-order valence-electron chi connectivity index (χ3n) is 3.11. The molecule has 0 aliphatic carbocycles. The van der Waals surface area contributed by atoms with E-state index < -0.39 is 5.69 Å². The van der Waals surface area contributed by atoms with Crippen LogP contribution in [0.5, 0.6) is 0 Å². The first-order chi connectivity index (χ1) is 7.65. The summed E-state index contributed by atoms with van der Waals surface area (Å²) in [6.07, 6.45) is 2.08. The van der Waals surface area contributed by atoms with E-state index in [4.69, 9.17) is 9.47 Å². The van der Waals surface area contributed by atoms with Crippen molar-refractivity contribution < 1.29 is 9.47 Å². The lowest BCUT2D eigenvalue weighted by atomic mass is 10.1. The first-order valence-electron chi connectivity index (χ1n) is 5.24. The Bertz CT molecular complexity index is 520. The van der Waals surface area contributed by atoms with Gasteiger partial charge in [0, 0.05) is 18.2 Å². The molecule has 2 aliphatic heterocycles. The molecule has 2 fully saturated rings. The third-order valence-corrected chi connectivity index (χ3v) is 3.11. The number of rotatable bonds is 1. The molecule has 2 aliphatic rings. The number of hydrogen-bond acceptors (Lipinski definition) is 4. The van der Waals surface area contributed by atoms with E-state index in [1.807, 2.05) is 0 Å². The van der Waals surface area contributed by atoms with Crippen LogP contribution >= 0.6 is 0 Å². The van der Waals surface area contributed by atoms with Gasteiger partial charge in [-0.25, -0.2) is 4.79 Å². The number of fused-ring (bicyclic) bond motifs is 1. The Labute approximate surface area is 90.8 Å². The molecule has 0 radical (unpaired) electrons. The molecule has 1 N–H and O–H groups in total. The molecule has 16 heavy (non-hydrogen) atoms. The summed E-state index contributed by atoms with van der Waals surface area (Å²) >= 11 is 0. The number of ether oxygens (including phenoxy) is 2. The van der Waals surface area contributed by atoms with E-state index in [0.29, 0.717) is 18.6 Å². The van der Waals surface area contributed by atoms with Crippen LogP contribution in [0.4, 0.5) is 0 Å². The highest BCUT2D eigenvalue weighted by atomic mass is 16.6. The first kappa shape index (κ1) is 9.80. The van der Waals surface area contributed by atoms with Crippen LogP contribution in [0.1, 0.15) is 18.2 Å². The molecule has 0 amide bonds. The number of aromatic amines is 1. The molecule has 1 unspecified atom stereocenters. The van der Waals surface area contributed by atoms with E-state index >= 15 is 0 Å². The summed E-state index contributed by atoms with van der Waals surface area (Å²) < 4.78 is 12.4. The van der Waals surface area contributed by atoms with Gasteiger partial charge in [-0.2, -0.15) is 0 Å². The Balaban J connectivity index is 1.97. The van der Waals surface area contributed by atoms with E-state index in [1.54, 1.807) is 6.92 Å². The zero-order valence-electron chi connectivity index (χ0n) is 8.80. The van der Waals surface area contributed by atoms with Crippen LogP contribution in [-0.2, 0) is 9.47 Å². The maximum absolute atomic E-state index is 11.6. The molecule has 0 spiro atoms. The van der Waals surface area contributed by atoms with Gasteiger partial charge in [-0.15, -0.1) is 0 Å². The summed E-state index contributed by atoms with van der Waals surface area (Å²) in [4.78, 5) is 25.1. The number of aromatic nitrogens is 2. The minimum absolute atomic E-state index is 0.101. The summed E-state index contributed by atoms with van der Waals surface area (Å²) in [6, 6.07) is 0. The fourth-order valence-corrected chi connectivity index (χ4v) is 2.09. The van der Waals surface area contributed by atoms with Gasteiger partial charge in [0.05, 0.1) is 12.7 Å². The highest BCUT2D eigenvalue weighted by Gasteiger charge is 2.44. The SMILES string of the molecule is Cc1cn([C@H]2CC3OC[C@H]3O2)c(=O)[nH]c1=O. The molecule has 0 bridgehead atoms. The van der Waals surface area contributed by atoms with Gasteiger partial charge in [-0.05, 0) is 6.92 Å². The van der Waals surface area contributed by atoms with Crippen LogP contribution in [0.3, 0.4) is 0 Å².